The first kappa shape index (κ1) is 23.3. The number of nitrogens with zero attached hydrogens (tertiary/aromatic N) is 2. The molecule has 5 rings (SSSR count). The highest BCUT2D eigenvalue weighted by Gasteiger charge is 2.62. The molecule has 0 aliphatic carbocycles. The molecule has 0 radical (unpaired) electrons. The highest BCUT2D eigenvalue weighted by atomic mass is 35.5. The molecule has 3 aromatic carbocycles. The van der Waals surface area contributed by atoms with Crippen LogP contribution in [0.1, 0.15) is 30.0 Å². The Kier molecular flexibility index (Phi) is 5.97. The van der Waals surface area contributed by atoms with Gasteiger partial charge in [-0.15, -0.1) is 0 Å². The summed E-state index contributed by atoms with van der Waals surface area (Å²) in [6.07, 6.45) is 0.918. The third-order valence-electron chi connectivity index (χ3n) is 7.11. The third kappa shape index (κ3) is 4.04. The number of anilines is 2. The average molecular weight is 496 g/mol. The van der Waals surface area contributed by atoms with Crippen molar-refractivity contribution in [1.29, 1.82) is 0 Å². The maximum Gasteiger partial charge on any atom is 0.321 e. The third-order valence-corrected chi connectivity index (χ3v) is 7.43. The van der Waals surface area contributed by atoms with Crippen LogP contribution in [0.2, 0.25) is 5.02 Å². The number of hydrogen-bond donors (Lipinski definition) is 1. The van der Waals surface area contributed by atoms with Crippen molar-refractivity contribution >= 4 is 34.9 Å². The Hall–Kier alpha value is -3.45. The number of benzene rings is 3. The molecular weight excluding hydrogens is 472 g/mol. The van der Waals surface area contributed by atoms with Crippen molar-refractivity contribution in [3.05, 3.63) is 94.5 Å². The van der Waals surface area contributed by atoms with E-state index in [1.807, 2.05) is 19.1 Å². The summed E-state index contributed by atoms with van der Waals surface area (Å²) in [5.74, 6) is -0.813. The van der Waals surface area contributed by atoms with Gasteiger partial charge in [0, 0.05) is 18.8 Å². The summed E-state index contributed by atoms with van der Waals surface area (Å²) in [6, 6.07) is 16.7. The van der Waals surface area contributed by atoms with Crippen molar-refractivity contribution in [2.24, 2.45) is 5.41 Å². The zero-order chi connectivity index (χ0) is 24.7. The molecule has 0 aromatic heterocycles. The van der Waals surface area contributed by atoms with Gasteiger partial charge in [-0.25, -0.2) is 13.6 Å². The summed E-state index contributed by atoms with van der Waals surface area (Å²) in [5, 5.41) is 3.36. The number of urea groups is 1. The van der Waals surface area contributed by atoms with E-state index in [0.29, 0.717) is 42.3 Å². The van der Waals surface area contributed by atoms with Crippen LogP contribution < -0.4 is 10.2 Å². The van der Waals surface area contributed by atoms with Gasteiger partial charge in [0.1, 0.15) is 11.6 Å². The van der Waals surface area contributed by atoms with Gasteiger partial charge in [-0.05, 0) is 73.4 Å². The van der Waals surface area contributed by atoms with E-state index in [-0.39, 0.29) is 29.6 Å². The Morgan fingerprint density at radius 3 is 2.17 bits per heavy atom. The number of nitrogens with one attached hydrogen (secondary N) is 1. The van der Waals surface area contributed by atoms with Crippen LogP contribution in [-0.2, 0) is 4.79 Å². The second-order valence-electron chi connectivity index (χ2n) is 9.11. The number of halogens is 3. The van der Waals surface area contributed by atoms with Crippen LogP contribution in [0.15, 0.2) is 66.7 Å². The van der Waals surface area contributed by atoms with Gasteiger partial charge in [-0.2, -0.15) is 0 Å². The number of piperidine rings is 1. The van der Waals surface area contributed by atoms with Gasteiger partial charge in [0.15, 0.2) is 0 Å². The highest BCUT2D eigenvalue weighted by molar-refractivity contribution is 6.33. The summed E-state index contributed by atoms with van der Waals surface area (Å²) in [7, 11) is 0. The van der Waals surface area contributed by atoms with Crippen molar-refractivity contribution in [2.75, 3.05) is 23.3 Å². The van der Waals surface area contributed by atoms with Crippen LogP contribution in [0, 0.1) is 24.0 Å². The summed E-state index contributed by atoms with van der Waals surface area (Å²) in [5.41, 5.74) is 2.11. The van der Waals surface area contributed by atoms with Crippen molar-refractivity contribution in [2.45, 2.75) is 25.8 Å². The van der Waals surface area contributed by atoms with Crippen molar-refractivity contribution in [3.63, 3.8) is 0 Å². The van der Waals surface area contributed by atoms with Crippen molar-refractivity contribution in [1.82, 2.24) is 4.90 Å². The summed E-state index contributed by atoms with van der Waals surface area (Å²) < 4.78 is 27.1. The maximum atomic E-state index is 13.6. The minimum Gasteiger partial charge on any atom is -0.324 e. The molecule has 1 atom stereocenters. The Morgan fingerprint density at radius 2 is 1.57 bits per heavy atom. The molecular formula is C27H24ClF2N3O2. The van der Waals surface area contributed by atoms with E-state index in [9.17, 15) is 18.4 Å². The van der Waals surface area contributed by atoms with E-state index in [0.717, 1.165) is 11.1 Å². The highest BCUT2D eigenvalue weighted by Crippen LogP contribution is 2.57. The van der Waals surface area contributed by atoms with Gasteiger partial charge in [0.2, 0.25) is 5.91 Å². The van der Waals surface area contributed by atoms with Gasteiger partial charge in [0.05, 0.1) is 22.2 Å². The number of rotatable bonds is 3. The van der Waals surface area contributed by atoms with Crippen LogP contribution in [0.4, 0.5) is 25.0 Å². The second-order valence-corrected chi connectivity index (χ2v) is 9.52. The molecule has 2 saturated heterocycles. The standard InChI is InChI=1S/C27H24ClF2N3O2/c1-17-3-2-4-22(28)23(17)31-26(35)32-15-13-27(14-16-32)24(18-5-7-19(29)8-6-18)33(25(27)34)21-11-9-20(30)10-12-21/h2-12,24H,13-16H2,1H3,(H,31,35). The molecule has 5 nitrogen and oxygen atoms in total. The van der Waals surface area contributed by atoms with Crippen molar-refractivity contribution in [3.8, 4) is 0 Å². The van der Waals surface area contributed by atoms with Gasteiger partial charge in [-0.1, -0.05) is 35.9 Å². The molecule has 2 fully saturated rings. The average Bonchev–Trinajstić information content (AvgIpc) is 2.86. The van der Waals surface area contributed by atoms with E-state index in [2.05, 4.69) is 5.32 Å². The first-order valence-corrected chi connectivity index (χ1v) is 11.8. The van der Waals surface area contributed by atoms with E-state index < -0.39 is 5.41 Å². The van der Waals surface area contributed by atoms with E-state index in [1.54, 1.807) is 40.1 Å². The topological polar surface area (TPSA) is 52.7 Å². The molecule has 0 saturated carbocycles. The first-order valence-electron chi connectivity index (χ1n) is 11.5. The van der Waals surface area contributed by atoms with Crippen LogP contribution in [-0.4, -0.2) is 29.9 Å². The molecule has 2 aliphatic rings. The predicted molar refractivity (Wildman–Crippen MR) is 131 cm³/mol. The molecule has 180 valence electrons. The monoisotopic (exact) mass is 495 g/mol. The molecule has 1 N–H and O–H groups in total. The fourth-order valence-corrected chi connectivity index (χ4v) is 5.48. The normalized spacial score (nSPS) is 19.0. The van der Waals surface area contributed by atoms with E-state index >= 15 is 0 Å². The fourth-order valence-electron chi connectivity index (χ4n) is 5.21. The lowest BCUT2D eigenvalue weighted by atomic mass is 9.62. The number of β-lactam (4-membered cyclic amide) rings is 1. The van der Waals surface area contributed by atoms with Gasteiger partial charge < -0.3 is 15.1 Å². The summed E-state index contributed by atoms with van der Waals surface area (Å²) >= 11 is 6.26. The Morgan fingerprint density at radius 1 is 0.971 bits per heavy atom. The van der Waals surface area contributed by atoms with Crippen LogP contribution in [0.25, 0.3) is 0 Å². The number of aryl methyl sites for hydroxylation is 1. The SMILES string of the molecule is Cc1cccc(Cl)c1NC(=O)N1CCC2(CC1)C(=O)N(c1ccc(F)cc1)C2c1ccc(F)cc1. The Bertz CT molecular complexity index is 1250. The Balaban J connectivity index is 1.38. The number of likely N-dealkylation sites (tertiary alicyclic amines) is 1. The lowest BCUT2D eigenvalue weighted by Gasteiger charge is -2.59. The van der Waals surface area contributed by atoms with Crippen LogP contribution >= 0.6 is 11.6 Å². The summed E-state index contributed by atoms with van der Waals surface area (Å²) in [4.78, 5) is 29.8. The van der Waals surface area contributed by atoms with E-state index in [1.165, 1.54) is 24.3 Å². The molecule has 3 amide bonds. The largest absolute Gasteiger partial charge is 0.324 e. The van der Waals surface area contributed by atoms with Gasteiger partial charge in [-0.3, -0.25) is 4.79 Å². The molecule has 3 aromatic rings. The molecule has 35 heavy (non-hydrogen) atoms. The van der Waals surface area contributed by atoms with Gasteiger partial charge >= 0.3 is 6.03 Å². The lowest BCUT2D eigenvalue weighted by Crippen LogP contribution is -2.67. The molecule has 0 bridgehead atoms. The smallest absolute Gasteiger partial charge is 0.321 e. The Labute approximate surface area is 207 Å². The van der Waals surface area contributed by atoms with Crippen LogP contribution in [0.3, 0.4) is 0 Å². The predicted octanol–water partition coefficient (Wildman–Crippen LogP) is 6.33. The minimum atomic E-state index is -0.719. The quantitative estimate of drug-likeness (QED) is 0.432. The maximum absolute atomic E-state index is 13.6. The van der Waals surface area contributed by atoms with Gasteiger partial charge in [0.25, 0.3) is 0 Å². The minimum absolute atomic E-state index is 0.0690. The molecule has 8 heteroatoms. The molecule has 1 unspecified atom stereocenters. The van der Waals surface area contributed by atoms with Crippen molar-refractivity contribution < 1.29 is 18.4 Å². The van der Waals surface area contributed by atoms with E-state index in [4.69, 9.17) is 11.6 Å². The number of carbonyl (C=O) groups is 2. The summed E-state index contributed by atoms with van der Waals surface area (Å²) in [6.45, 7) is 2.64. The first-order chi connectivity index (χ1) is 16.8. The lowest BCUT2D eigenvalue weighted by molar-refractivity contribution is -0.144. The molecule has 2 heterocycles. The number of para-hydroxylation sites is 1. The fraction of sp³-hybridized carbons (Fsp3) is 0.259. The number of carbonyl (C=O) groups excluding carboxylic acids is 2. The zero-order valence-electron chi connectivity index (χ0n) is 19.1. The van der Waals surface area contributed by atoms with Crippen LogP contribution in [0.5, 0.6) is 0 Å². The number of hydrogen-bond acceptors (Lipinski definition) is 2. The number of amides is 3. The zero-order valence-corrected chi connectivity index (χ0v) is 19.9. The molecule has 1 spiro atoms. The second kappa shape index (κ2) is 8.96. The molecule has 2 aliphatic heterocycles.